The van der Waals surface area contributed by atoms with Gasteiger partial charge in [0, 0.05) is 29.6 Å². The number of anilines is 2. The van der Waals surface area contributed by atoms with Gasteiger partial charge in [0.05, 0.1) is 27.3 Å². The Morgan fingerprint density at radius 2 is 0.985 bits per heavy atom. The van der Waals surface area contributed by atoms with Crippen LogP contribution in [0.5, 0.6) is 0 Å². The summed E-state index contributed by atoms with van der Waals surface area (Å²) in [7, 11) is 2.36. The second kappa shape index (κ2) is 20.9. The molecule has 2 aliphatic heterocycles. The van der Waals surface area contributed by atoms with E-state index in [0.717, 1.165) is 60.8 Å². The van der Waals surface area contributed by atoms with E-state index >= 15 is 0 Å². The molecule has 7 rings (SSSR count). The van der Waals surface area contributed by atoms with Crippen LogP contribution in [0.3, 0.4) is 0 Å². The van der Waals surface area contributed by atoms with Crippen LogP contribution in [0.1, 0.15) is 99.6 Å². The fourth-order valence-corrected chi connectivity index (χ4v) is 9.59. The number of nitrogens with zero attached hydrogens (tertiary/aromatic N) is 2. The molecule has 4 aromatic carbocycles. The van der Waals surface area contributed by atoms with Crippen LogP contribution in [0.4, 0.5) is 21.0 Å². The number of hydrogen-bond donors (Lipinski definition) is 4. The van der Waals surface area contributed by atoms with Crippen LogP contribution in [0.15, 0.2) is 97.1 Å². The molecule has 4 N–H and O–H groups in total. The summed E-state index contributed by atoms with van der Waals surface area (Å²) < 4.78 is 9.57. The van der Waals surface area contributed by atoms with Gasteiger partial charge >= 0.3 is 12.2 Å². The lowest BCUT2D eigenvalue weighted by atomic mass is 9.70. The zero-order valence-electron chi connectivity index (χ0n) is 38.1. The van der Waals surface area contributed by atoms with Crippen molar-refractivity contribution in [2.45, 2.75) is 94.8 Å². The van der Waals surface area contributed by atoms with Crippen LogP contribution in [0.2, 0.25) is 0 Å². The van der Waals surface area contributed by atoms with Crippen molar-refractivity contribution < 1.29 is 47.8 Å². The summed E-state index contributed by atoms with van der Waals surface area (Å²) in [6.45, 7) is 3.64. The van der Waals surface area contributed by atoms with E-state index in [-0.39, 0.29) is 37.5 Å². The van der Waals surface area contributed by atoms with Crippen molar-refractivity contribution in [2.24, 2.45) is 0 Å². The van der Waals surface area contributed by atoms with E-state index in [0.29, 0.717) is 22.5 Å². The maximum atomic E-state index is 14.2. The van der Waals surface area contributed by atoms with Gasteiger partial charge in [0.1, 0.15) is 24.2 Å². The van der Waals surface area contributed by atoms with E-state index in [1.165, 1.54) is 24.0 Å². The second-order valence-corrected chi connectivity index (χ2v) is 17.2. The normalized spacial score (nSPS) is 17.7. The molecule has 2 saturated heterocycles. The lowest BCUT2D eigenvalue weighted by Gasteiger charge is -2.33. The standard InChI is InChI=1S/C51H56N6O10/c1-5-7-23-51(24-8-6-2)39-25-33(52-45(60)41-27-35(58)29-56(41)47(62)43(54-49(64)66-3)31-15-11-9-12-16-31)19-21-37(39)38-22-20-34(26-40(38)51)53-46(61)42-28-36(59)30-57(42)48(63)44(55-50(65)67-4)32-17-13-10-14-18-32/h9-22,25-26,41-44H,5-8,23-24,27-30H2,1-4H3,(H,52,60)(H,53,61)(H,54,64)(H,55,65)/t41-,42-,43+,44+/m0/s1. The number of likely N-dealkylation sites (tertiary alicyclic amines) is 2. The zero-order chi connectivity index (χ0) is 47.8. The fourth-order valence-electron chi connectivity index (χ4n) is 9.59. The minimum Gasteiger partial charge on any atom is -0.453 e. The molecule has 0 unspecified atom stereocenters. The first-order valence-corrected chi connectivity index (χ1v) is 22.7. The Kier molecular flexibility index (Phi) is 14.8. The number of rotatable bonds is 16. The molecule has 16 nitrogen and oxygen atoms in total. The summed E-state index contributed by atoms with van der Waals surface area (Å²) in [6, 6.07) is 23.8. The Bertz CT molecular complexity index is 2370. The number of unbranched alkanes of at least 4 members (excludes halogenated alkanes) is 2. The second-order valence-electron chi connectivity index (χ2n) is 17.2. The van der Waals surface area contributed by atoms with Crippen molar-refractivity contribution in [3.63, 3.8) is 0 Å². The third-order valence-electron chi connectivity index (χ3n) is 12.9. The molecule has 2 fully saturated rings. The van der Waals surface area contributed by atoms with Crippen LogP contribution < -0.4 is 21.3 Å². The molecule has 0 spiro atoms. The number of Topliss-reactive ketones (excluding diaryl/α,β-unsaturated/α-hetero) is 2. The van der Waals surface area contributed by atoms with Crippen LogP contribution >= 0.6 is 0 Å². The van der Waals surface area contributed by atoms with E-state index in [1.54, 1.807) is 72.8 Å². The number of nitrogens with one attached hydrogen (secondary N) is 4. The Morgan fingerprint density at radius 3 is 1.34 bits per heavy atom. The molecular formula is C51H56N6O10. The van der Waals surface area contributed by atoms with Crippen molar-refractivity contribution in [1.82, 2.24) is 20.4 Å². The minimum atomic E-state index is -1.20. The quantitative estimate of drug-likeness (QED) is 0.0930. The molecule has 67 heavy (non-hydrogen) atoms. The van der Waals surface area contributed by atoms with Gasteiger partial charge in [0.25, 0.3) is 11.8 Å². The van der Waals surface area contributed by atoms with Gasteiger partial charge in [-0.3, -0.25) is 28.8 Å². The van der Waals surface area contributed by atoms with Gasteiger partial charge in [-0.1, -0.05) is 112 Å². The molecule has 0 bridgehead atoms. The van der Waals surface area contributed by atoms with Crippen molar-refractivity contribution in [3.05, 3.63) is 119 Å². The first-order valence-electron chi connectivity index (χ1n) is 22.7. The summed E-state index contributed by atoms with van der Waals surface area (Å²) >= 11 is 0. The van der Waals surface area contributed by atoms with Gasteiger partial charge in [-0.05, 0) is 70.5 Å². The first kappa shape index (κ1) is 47.6. The van der Waals surface area contributed by atoms with E-state index in [9.17, 15) is 38.4 Å². The molecule has 2 heterocycles. The van der Waals surface area contributed by atoms with Crippen LogP contribution in [-0.2, 0) is 43.7 Å². The van der Waals surface area contributed by atoms with Gasteiger partial charge in [-0.15, -0.1) is 0 Å². The summed E-state index contributed by atoms with van der Waals surface area (Å²) in [4.78, 5) is 109. The highest BCUT2D eigenvalue weighted by Gasteiger charge is 2.46. The smallest absolute Gasteiger partial charge is 0.407 e. The Labute approximate surface area is 389 Å². The highest BCUT2D eigenvalue weighted by atomic mass is 16.5. The highest BCUT2D eigenvalue weighted by Crippen LogP contribution is 2.55. The van der Waals surface area contributed by atoms with Gasteiger partial charge in [-0.2, -0.15) is 0 Å². The number of ether oxygens (including phenoxy) is 2. The molecule has 6 amide bonds. The van der Waals surface area contributed by atoms with Crippen molar-refractivity contribution in [1.29, 1.82) is 0 Å². The molecule has 16 heteroatoms. The number of ketones is 2. The zero-order valence-corrected chi connectivity index (χ0v) is 38.1. The molecule has 0 aromatic heterocycles. The number of carbonyl (C=O) groups is 8. The molecule has 0 radical (unpaired) electrons. The van der Waals surface area contributed by atoms with Gasteiger partial charge in [0.2, 0.25) is 11.8 Å². The average Bonchev–Trinajstić information content (AvgIpc) is 4.02. The summed E-state index contributed by atoms with van der Waals surface area (Å²) in [6.07, 6.45) is 3.02. The van der Waals surface area contributed by atoms with Gasteiger partial charge < -0.3 is 40.5 Å². The maximum absolute atomic E-state index is 14.2. The molecule has 3 aliphatic rings. The molecule has 4 aromatic rings. The molecule has 1 aliphatic carbocycles. The molecule has 4 atom stereocenters. The average molecular weight is 913 g/mol. The lowest BCUT2D eigenvalue weighted by molar-refractivity contribution is -0.138. The van der Waals surface area contributed by atoms with Gasteiger partial charge in [0.15, 0.2) is 11.6 Å². The summed E-state index contributed by atoms with van der Waals surface area (Å²) in [5.41, 5.74) is 5.27. The number of hydrogen-bond acceptors (Lipinski definition) is 10. The Hall–Kier alpha value is -7.36. The highest BCUT2D eigenvalue weighted by molar-refractivity contribution is 6.06. The summed E-state index contributed by atoms with van der Waals surface area (Å²) in [5.74, 6) is -2.94. The Morgan fingerprint density at radius 1 is 0.597 bits per heavy atom. The van der Waals surface area contributed by atoms with E-state index in [4.69, 9.17) is 9.47 Å². The monoisotopic (exact) mass is 912 g/mol. The number of carbonyl (C=O) groups excluding carboxylic acids is 8. The fraction of sp³-hybridized carbons (Fsp3) is 0.373. The molecule has 0 saturated carbocycles. The number of amides is 6. The number of methoxy groups -OCH3 is 2. The number of fused-ring (bicyclic) bond motifs is 3. The maximum Gasteiger partial charge on any atom is 0.407 e. The van der Waals surface area contributed by atoms with Crippen LogP contribution in [-0.4, -0.2) is 96.6 Å². The summed E-state index contributed by atoms with van der Waals surface area (Å²) in [5, 5.41) is 11.1. The number of alkyl carbamates (subject to hydrolysis) is 2. The molecule has 350 valence electrons. The third-order valence-corrected chi connectivity index (χ3v) is 12.9. The largest absolute Gasteiger partial charge is 0.453 e. The van der Waals surface area contributed by atoms with Crippen LogP contribution in [0.25, 0.3) is 11.1 Å². The van der Waals surface area contributed by atoms with Crippen molar-refractivity contribution >= 4 is 58.8 Å². The van der Waals surface area contributed by atoms with E-state index in [1.807, 2.05) is 24.3 Å². The predicted octanol–water partition coefficient (Wildman–Crippen LogP) is 6.75. The lowest BCUT2D eigenvalue weighted by Crippen LogP contribution is -2.48. The SMILES string of the molecule is CCCCC1(CCCC)c2cc(NC(=O)[C@@H]3CC(=O)CN3C(=O)[C@H](NC(=O)OC)c3ccccc3)ccc2-c2ccc(NC(=O)[C@@H]3CC(=O)CN3C(=O)[C@H](NC(=O)OC)c3ccccc3)cc21. The van der Waals surface area contributed by atoms with E-state index < -0.39 is 65.4 Å². The van der Waals surface area contributed by atoms with Crippen molar-refractivity contribution in [3.8, 4) is 11.1 Å². The number of benzene rings is 4. The molecular weight excluding hydrogens is 857 g/mol. The van der Waals surface area contributed by atoms with E-state index in [2.05, 4.69) is 35.1 Å². The third kappa shape index (κ3) is 10.1. The van der Waals surface area contributed by atoms with Crippen molar-refractivity contribution in [2.75, 3.05) is 37.9 Å². The Balaban J connectivity index is 1.16. The predicted molar refractivity (Wildman–Crippen MR) is 249 cm³/mol. The first-order chi connectivity index (χ1) is 32.3. The van der Waals surface area contributed by atoms with Crippen LogP contribution in [0, 0.1) is 0 Å². The topological polar surface area (TPSA) is 210 Å². The van der Waals surface area contributed by atoms with Gasteiger partial charge in [-0.25, -0.2) is 9.59 Å². The minimum absolute atomic E-state index is 0.196.